The molecule has 0 aliphatic rings. The number of hydrogen-bond acceptors (Lipinski definition) is 7. The van der Waals surface area contributed by atoms with E-state index < -0.39 is 6.10 Å². The molecule has 17 heavy (non-hydrogen) atoms. The van der Waals surface area contributed by atoms with Crippen molar-refractivity contribution >= 4 is 17.2 Å². The fourth-order valence-electron chi connectivity index (χ4n) is 1.18. The summed E-state index contributed by atoms with van der Waals surface area (Å²) in [4.78, 5) is 10.4. The second-order valence-corrected chi connectivity index (χ2v) is 4.79. The van der Waals surface area contributed by atoms with Crippen LogP contribution in [0.25, 0.3) is 10.7 Å². The normalized spacial score (nSPS) is 12.5. The second-order valence-electron chi connectivity index (χ2n) is 3.78. The van der Waals surface area contributed by atoms with Crippen LogP contribution in [0.2, 0.25) is 0 Å². The molecule has 0 bridgehead atoms. The average molecular weight is 251 g/mol. The topological polar surface area (TPSA) is 75.0 Å². The summed E-state index contributed by atoms with van der Waals surface area (Å²) in [5.41, 5.74) is 0.667. The van der Waals surface area contributed by atoms with Gasteiger partial charge in [-0.25, -0.2) is 4.98 Å². The van der Waals surface area contributed by atoms with E-state index in [4.69, 9.17) is 0 Å². The van der Waals surface area contributed by atoms with E-state index in [0.717, 1.165) is 5.82 Å². The third-order valence-electron chi connectivity index (χ3n) is 2.10. The van der Waals surface area contributed by atoms with Crippen molar-refractivity contribution in [2.45, 2.75) is 13.0 Å². The van der Waals surface area contributed by atoms with Crippen LogP contribution in [0.15, 0.2) is 12.4 Å². The van der Waals surface area contributed by atoms with E-state index in [9.17, 15) is 5.11 Å². The number of anilines is 1. The molecular formula is C10H13N5OS. The maximum Gasteiger partial charge on any atom is 0.168 e. The molecule has 2 aromatic heterocycles. The highest BCUT2D eigenvalue weighted by molar-refractivity contribution is 7.14. The number of nitrogens with zero attached hydrogens (tertiary/aromatic N) is 5. The molecule has 1 N–H and O–H groups in total. The van der Waals surface area contributed by atoms with Crippen molar-refractivity contribution < 1.29 is 5.11 Å². The molecule has 6 nitrogen and oxygen atoms in total. The molecule has 0 aliphatic carbocycles. The van der Waals surface area contributed by atoms with Gasteiger partial charge in [0.1, 0.15) is 22.6 Å². The third kappa shape index (κ3) is 2.56. The number of hydrogen-bond donors (Lipinski definition) is 1. The number of aromatic nitrogens is 4. The summed E-state index contributed by atoms with van der Waals surface area (Å²) < 4.78 is 0. The van der Waals surface area contributed by atoms with E-state index in [1.54, 1.807) is 19.3 Å². The summed E-state index contributed by atoms with van der Waals surface area (Å²) in [5.74, 6) is 0.760. The van der Waals surface area contributed by atoms with Crippen LogP contribution in [-0.2, 0) is 0 Å². The molecule has 1 unspecified atom stereocenters. The first-order valence-electron chi connectivity index (χ1n) is 5.09. The van der Waals surface area contributed by atoms with Gasteiger partial charge in [-0.15, -0.1) is 10.2 Å². The summed E-state index contributed by atoms with van der Waals surface area (Å²) in [6.07, 6.45) is 2.71. The van der Waals surface area contributed by atoms with Crippen LogP contribution in [0.3, 0.4) is 0 Å². The van der Waals surface area contributed by atoms with Gasteiger partial charge in [0.05, 0.1) is 12.4 Å². The van der Waals surface area contributed by atoms with E-state index in [-0.39, 0.29) is 0 Å². The minimum Gasteiger partial charge on any atom is -0.386 e. The lowest BCUT2D eigenvalue weighted by Gasteiger charge is -2.10. The minimum absolute atomic E-state index is 0.581. The smallest absolute Gasteiger partial charge is 0.168 e. The van der Waals surface area contributed by atoms with Crippen LogP contribution in [0.4, 0.5) is 5.82 Å². The molecule has 0 saturated heterocycles. The van der Waals surface area contributed by atoms with Gasteiger partial charge in [0, 0.05) is 14.1 Å². The maximum absolute atomic E-state index is 9.39. The van der Waals surface area contributed by atoms with Crippen molar-refractivity contribution in [3.8, 4) is 10.7 Å². The summed E-state index contributed by atoms with van der Waals surface area (Å²) in [5, 5.41) is 18.5. The van der Waals surface area contributed by atoms with Crippen molar-refractivity contribution in [1.29, 1.82) is 0 Å². The Morgan fingerprint density at radius 2 is 2.06 bits per heavy atom. The number of aliphatic hydroxyl groups excluding tert-OH is 1. The van der Waals surface area contributed by atoms with Crippen molar-refractivity contribution in [3.05, 3.63) is 17.4 Å². The molecule has 0 spiro atoms. The summed E-state index contributed by atoms with van der Waals surface area (Å²) in [6, 6.07) is 0. The second kappa shape index (κ2) is 4.72. The Bertz CT molecular complexity index is 511. The predicted molar refractivity (Wildman–Crippen MR) is 65.9 cm³/mol. The van der Waals surface area contributed by atoms with Crippen LogP contribution in [-0.4, -0.2) is 39.4 Å². The first-order valence-corrected chi connectivity index (χ1v) is 5.91. The van der Waals surface area contributed by atoms with E-state index in [0.29, 0.717) is 15.7 Å². The van der Waals surface area contributed by atoms with Gasteiger partial charge in [-0.3, -0.25) is 4.98 Å². The Morgan fingerprint density at radius 1 is 1.29 bits per heavy atom. The predicted octanol–water partition coefficient (Wildman–Crippen LogP) is 1.11. The highest BCUT2D eigenvalue weighted by Gasteiger charge is 2.12. The minimum atomic E-state index is -0.605. The van der Waals surface area contributed by atoms with Crippen molar-refractivity contribution in [2.24, 2.45) is 0 Å². The van der Waals surface area contributed by atoms with Gasteiger partial charge in [0.25, 0.3) is 0 Å². The highest BCUT2D eigenvalue weighted by Crippen LogP contribution is 2.25. The van der Waals surface area contributed by atoms with Gasteiger partial charge in [0.15, 0.2) is 5.01 Å². The SMILES string of the molecule is CC(O)c1nnc(-c2cncc(N(C)C)n2)s1. The van der Waals surface area contributed by atoms with Gasteiger partial charge in [0.2, 0.25) is 0 Å². The van der Waals surface area contributed by atoms with E-state index in [2.05, 4.69) is 20.2 Å². The maximum atomic E-state index is 9.39. The first kappa shape index (κ1) is 11.9. The Kier molecular flexibility index (Phi) is 3.30. The molecule has 0 fully saturated rings. The fourth-order valence-corrected chi connectivity index (χ4v) is 1.92. The average Bonchev–Trinajstić information content (AvgIpc) is 2.78. The molecule has 0 amide bonds. The largest absolute Gasteiger partial charge is 0.386 e. The summed E-state index contributed by atoms with van der Waals surface area (Å²) in [7, 11) is 3.80. The zero-order chi connectivity index (χ0) is 12.4. The summed E-state index contributed by atoms with van der Waals surface area (Å²) >= 11 is 1.32. The molecule has 0 aromatic carbocycles. The first-order chi connectivity index (χ1) is 8.08. The highest BCUT2D eigenvalue weighted by atomic mass is 32.1. The van der Waals surface area contributed by atoms with Crippen molar-refractivity contribution in [2.75, 3.05) is 19.0 Å². The molecule has 2 heterocycles. The molecule has 0 aliphatic heterocycles. The third-order valence-corrected chi connectivity index (χ3v) is 3.21. The quantitative estimate of drug-likeness (QED) is 0.881. The van der Waals surface area contributed by atoms with Gasteiger partial charge in [-0.1, -0.05) is 11.3 Å². The fraction of sp³-hybridized carbons (Fsp3) is 0.400. The number of rotatable bonds is 3. The Labute approximate surface area is 103 Å². The van der Waals surface area contributed by atoms with Crippen LogP contribution >= 0.6 is 11.3 Å². The molecule has 1 atom stereocenters. The molecular weight excluding hydrogens is 238 g/mol. The molecule has 0 radical (unpaired) electrons. The van der Waals surface area contributed by atoms with Crippen LogP contribution < -0.4 is 4.90 Å². The monoisotopic (exact) mass is 251 g/mol. The van der Waals surface area contributed by atoms with Gasteiger partial charge in [-0.05, 0) is 6.92 Å². The van der Waals surface area contributed by atoms with Crippen molar-refractivity contribution in [1.82, 2.24) is 20.2 Å². The molecule has 90 valence electrons. The summed E-state index contributed by atoms with van der Waals surface area (Å²) in [6.45, 7) is 1.66. The van der Waals surface area contributed by atoms with E-state index >= 15 is 0 Å². The standard InChI is InChI=1S/C10H13N5OS/c1-6(16)9-13-14-10(17-9)7-4-11-5-8(12-7)15(2)3/h4-6,16H,1-3H3. The van der Waals surface area contributed by atoms with Crippen molar-refractivity contribution in [3.63, 3.8) is 0 Å². The van der Waals surface area contributed by atoms with Crippen LogP contribution in [0, 0.1) is 0 Å². The van der Waals surface area contributed by atoms with E-state index in [1.165, 1.54) is 11.3 Å². The van der Waals surface area contributed by atoms with Crippen LogP contribution in [0.1, 0.15) is 18.0 Å². The zero-order valence-corrected chi connectivity index (χ0v) is 10.6. The molecule has 7 heteroatoms. The Hall–Kier alpha value is -1.60. The van der Waals surface area contributed by atoms with Gasteiger partial charge >= 0.3 is 0 Å². The van der Waals surface area contributed by atoms with E-state index in [1.807, 2.05) is 19.0 Å². The van der Waals surface area contributed by atoms with Gasteiger partial charge < -0.3 is 10.0 Å². The Morgan fingerprint density at radius 3 is 2.65 bits per heavy atom. The molecule has 2 aromatic rings. The van der Waals surface area contributed by atoms with Crippen LogP contribution in [0.5, 0.6) is 0 Å². The Balaban J connectivity index is 2.35. The van der Waals surface area contributed by atoms with Gasteiger partial charge in [-0.2, -0.15) is 0 Å². The zero-order valence-electron chi connectivity index (χ0n) is 9.82. The number of aliphatic hydroxyl groups is 1. The lowest BCUT2D eigenvalue weighted by molar-refractivity contribution is 0.198. The molecule has 2 rings (SSSR count). The lowest BCUT2D eigenvalue weighted by Crippen LogP contribution is -2.11. The lowest BCUT2D eigenvalue weighted by atomic mass is 10.4. The molecule has 0 saturated carbocycles.